The molecule has 0 bridgehead atoms. The summed E-state index contributed by atoms with van der Waals surface area (Å²) in [6.07, 6.45) is 4.34. The first-order chi connectivity index (χ1) is 14.0. The molecule has 2 heterocycles. The highest BCUT2D eigenvalue weighted by Gasteiger charge is 2.25. The summed E-state index contributed by atoms with van der Waals surface area (Å²) in [5.41, 5.74) is 4.15. The van der Waals surface area contributed by atoms with Gasteiger partial charge in [-0.2, -0.15) is 0 Å². The number of aryl methyl sites for hydroxylation is 1. The minimum absolute atomic E-state index is 0.0261. The maximum absolute atomic E-state index is 12.7. The van der Waals surface area contributed by atoms with Crippen LogP contribution in [0.3, 0.4) is 0 Å². The Kier molecular flexibility index (Phi) is 5.74. The number of benzene rings is 2. The summed E-state index contributed by atoms with van der Waals surface area (Å²) >= 11 is 12.4. The number of aromatic amines is 1. The number of aromatic nitrogens is 2. The number of hydrogen-bond donors (Lipinski definition) is 2. The molecule has 2 aromatic carbocycles. The van der Waals surface area contributed by atoms with Crippen LogP contribution >= 0.6 is 23.2 Å². The van der Waals surface area contributed by atoms with Crippen LogP contribution < -0.4 is 10.2 Å². The van der Waals surface area contributed by atoms with Gasteiger partial charge in [0.2, 0.25) is 11.8 Å². The number of carbonyl (C=O) groups excluding carboxylic acids is 2. The number of amides is 2. The van der Waals surface area contributed by atoms with Crippen LogP contribution in [0.2, 0.25) is 10.0 Å². The molecular formula is C21H20Cl2N4O2. The number of imidazole rings is 1. The normalized spacial score (nSPS) is 13.4. The zero-order valence-electron chi connectivity index (χ0n) is 15.7. The fourth-order valence-electron chi connectivity index (χ4n) is 3.67. The van der Waals surface area contributed by atoms with Gasteiger partial charge in [-0.25, -0.2) is 4.98 Å². The Bertz CT molecular complexity index is 1080. The number of anilines is 2. The molecule has 1 aliphatic rings. The first kappa shape index (κ1) is 19.7. The van der Waals surface area contributed by atoms with E-state index in [0.717, 1.165) is 35.1 Å². The third-order valence-corrected chi connectivity index (χ3v) is 5.51. The van der Waals surface area contributed by atoms with Gasteiger partial charge in [0.1, 0.15) is 0 Å². The second-order valence-electron chi connectivity index (χ2n) is 7.08. The minimum Gasteiger partial charge on any atom is -0.345 e. The molecule has 2 amide bonds. The van der Waals surface area contributed by atoms with Gasteiger partial charge in [-0.3, -0.25) is 9.59 Å². The topological polar surface area (TPSA) is 78.1 Å². The lowest BCUT2D eigenvalue weighted by molar-refractivity contribution is -0.119. The molecule has 1 aromatic heterocycles. The van der Waals surface area contributed by atoms with Crippen molar-refractivity contribution in [3.8, 4) is 0 Å². The van der Waals surface area contributed by atoms with Gasteiger partial charge >= 0.3 is 0 Å². The predicted molar refractivity (Wildman–Crippen MR) is 116 cm³/mol. The summed E-state index contributed by atoms with van der Waals surface area (Å²) in [4.78, 5) is 33.9. The molecule has 4 rings (SSSR count). The SMILES string of the molecule is O=C(CCCC(=O)N1CCCc2cc(Cl)cc(Cl)c21)Nc1ccc2nc[nH]c2c1. The second kappa shape index (κ2) is 8.43. The molecule has 8 heteroatoms. The van der Waals surface area contributed by atoms with Crippen LogP contribution in [0.4, 0.5) is 11.4 Å². The molecule has 3 aromatic rings. The largest absolute Gasteiger partial charge is 0.345 e. The van der Waals surface area contributed by atoms with Gasteiger partial charge in [0.15, 0.2) is 0 Å². The number of carbonyl (C=O) groups is 2. The number of fused-ring (bicyclic) bond motifs is 2. The van der Waals surface area contributed by atoms with Gasteiger partial charge in [0, 0.05) is 30.1 Å². The van der Waals surface area contributed by atoms with Crippen LogP contribution in [0.5, 0.6) is 0 Å². The molecule has 0 unspecified atom stereocenters. The van der Waals surface area contributed by atoms with E-state index < -0.39 is 0 Å². The maximum atomic E-state index is 12.7. The Balaban J connectivity index is 1.33. The summed E-state index contributed by atoms with van der Waals surface area (Å²) in [5.74, 6) is -0.151. The minimum atomic E-state index is -0.125. The zero-order chi connectivity index (χ0) is 20.4. The van der Waals surface area contributed by atoms with Crippen molar-refractivity contribution in [1.29, 1.82) is 0 Å². The van der Waals surface area contributed by atoms with Gasteiger partial charge in [0.25, 0.3) is 0 Å². The summed E-state index contributed by atoms with van der Waals surface area (Å²) < 4.78 is 0. The van der Waals surface area contributed by atoms with E-state index in [0.29, 0.717) is 28.7 Å². The number of halogens is 2. The van der Waals surface area contributed by atoms with Crippen LogP contribution in [0.1, 0.15) is 31.2 Å². The van der Waals surface area contributed by atoms with Gasteiger partial charge in [0.05, 0.1) is 28.1 Å². The van der Waals surface area contributed by atoms with Crippen molar-refractivity contribution in [2.24, 2.45) is 0 Å². The van der Waals surface area contributed by atoms with Crippen LogP contribution in [-0.4, -0.2) is 28.3 Å². The highest BCUT2D eigenvalue weighted by atomic mass is 35.5. The number of nitrogens with one attached hydrogen (secondary N) is 2. The molecule has 29 heavy (non-hydrogen) atoms. The number of rotatable bonds is 5. The highest BCUT2D eigenvalue weighted by molar-refractivity contribution is 6.37. The van der Waals surface area contributed by atoms with Crippen molar-refractivity contribution in [2.75, 3.05) is 16.8 Å². The fraction of sp³-hybridized carbons (Fsp3) is 0.286. The van der Waals surface area contributed by atoms with Crippen molar-refractivity contribution in [2.45, 2.75) is 32.1 Å². The van der Waals surface area contributed by atoms with Gasteiger partial charge in [-0.05, 0) is 55.2 Å². The predicted octanol–water partition coefficient (Wildman–Crippen LogP) is 4.96. The molecule has 6 nitrogen and oxygen atoms in total. The molecule has 2 N–H and O–H groups in total. The van der Waals surface area contributed by atoms with E-state index >= 15 is 0 Å². The summed E-state index contributed by atoms with van der Waals surface area (Å²) in [6.45, 7) is 0.629. The molecule has 0 spiro atoms. The Morgan fingerprint density at radius 1 is 1.17 bits per heavy atom. The summed E-state index contributed by atoms with van der Waals surface area (Å²) in [6, 6.07) is 9.02. The Hall–Kier alpha value is -2.57. The van der Waals surface area contributed by atoms with Gasteiger partial charge < -0.3 is 15.2 Å². The standard InChI is InChI=1S/C21H20Cl2N4O2/c22-14-9-13-3-2-8-27(21(13)16(23)10-14)20(29)5-1-4-19(28)26-15-6-7-17-18(11-15)25-12-24-17/h6-7,9-12H,1-5,8H2,(H,24,25)(H,26,28). The molecule has 0 radical (unpaired) electrons. The van der Waals surface area contributed by atoms with Crippen molar-refractivity contribution in [1.82, 2.24) is 9.97 Å². The third kappa shape index (κ3) is 4.38. The Morgan fingerprint density at radius 3 is 2.90 bits per heavy atom. The lowest BCUT2D eigenvalue weighted by Crippen LogP contribution is -2.35. The van der Waals surface area contributed by atoms with E-state index in [9.17, 15) is 9.59 Å². The molecule has 0 aliphatic carbocycles. The average molecular weight is 431 g/mol. The second-order valence-corrected chi connectivity index (χ2v) is 7.92. The fourth-order valence-corrected chi connectivity index (χ4v) is 4.31. The van der Waals surface area contributed by atoms with Crippen LogP contribution in [0.25, 0.3) is 11.0 Å². The zero-order valence-corrected chi connectivity index (χ0v) is 17.2. The molecule has 150 valence electrons. The first-order valence-corrected chi connectivity index (χ1v) is 10.3. The molecule has 0 fully saturated rings. The monoisotopic (exact) mass is 430 g/mol. The van der Waals surface area contributed by atoms with E-state index in [4.69, 9.17) is 23.2 Å². The molecule has 0 saturated heterocycles. The van der Waals surface area contributed by atoms with Gasteiger partial charge in [-0.1, -0.05) is 23.2 Å². The molecule has 0 atom stereocenters. The smallest absolute Gasteiger partial charge is 0.227 e. The summed E-state index contributed by atoms with van der Waals surface area (Å²) in [5, 5.41) is 3.93. The molecule has 1 aliphatic heterocycles. The van der Waals surface area contributed by atoms with Crippen molar-refractivity contribution >= 4 is 57.4 Å². The van der Waals surface area contributed by atoms with Crippen LogP contribution in [0.15, 0.2) is 36.7 Å². The maximum Gasteiger partial charge on any atom is 0.227 e. The lowest BCUT2D eigenvalue weighted by atomic mass is 10.0. The van der Waals surface area contributed by atoms with Crippen LogP contribution in [-0.2, 0) is 16.0 Å². The molecular weight excluding hydrogens is 411 g/mol. The summed E-state index contributed by atoms with van der Waals surface area (Å²) in [7, 11) is 0. The van der Waals surface area contributed by atoms with Crippen molar-refractivity contribution < 1.29 is 9.59 Å². The lowest BCUT2D eigenvalue weighted by Gasteiger charge is -2.30. The number of H-pyrrole nitrogens is 1. The van der Waals surface area contributed by atoms with E-state index in [1.807, 2.05) is 24.3 Å². The molecule has 0 saturated carbocycles. The average Bonchev–Trinajstić information content (AvgIpc) is 3.15. The quantitative estimate of drug-likeness (QED) is 0.600. The van der Waals surface area contributed by atoms with E-state index in [-0.39, 0.29) is 24.7 Å². The van der Waals surface area contributed by atoms with E-state index in [2.05, 4.69) is 15.3 Å². The van der Waals surface area contributed by atoms with Gasteiger partial charge in [-0.15, -0.1) is 0 Å². The Labute approximate surface area is 178 Å². The van der Waals surface area contributed by atoms with Crippen molar-refractivity contribution in [3.05, 3.63) is 52.3 Å². The van der Waals surface area contributed by atoms with Crippen LogP contribution in [0, 0.1) is 0 Å². The Morgan fingerprint density at radius 2 is 2.03 bits per heavy atom. The third-order valence-electron chi connectivity index (χ3n) is 5.00. The van der Waals surface area contributed by atoms with Crippen molar-refractivity contribution in [3.63, 3.8) is 0 Å². The number of hydrogen-bond acceptors (Lipinski definition) is 3. The number of nitrogens with zero attached hydrogens (tertiary/aromatic N) is 2. The first-order valence-electron chi connectivity index (χ1n) is 9.52. The van der Waals surface area contributed by atoms with E-state index in [1.54, 1.807) is 17.3 Å². The van der Waals surface area contributed by atoms with E-state index in [1.165, 1.54) is 0 Å². The highest BCUT2D eigenvalue weighted by Crippen LogP contribution is 2.37.